The highest BCUT2D eigenvalue weighted by Crippen LogP contribution is 2.37. The van der Waals surface area contributed by atoms with E-state index in [1.165, 1.54) is 4.88 Å². The Balaban J connectivity index is 1.79. The fourth-order valence-electron chi connectivity index (χ4n) is 3.91. The zero-order valence-electron chi connectivity index (χ0n) is 17.3. The number of hydrogen-bond acceptors (Lipinski definition) is 6. The van der Waals surface area contributed by atoms with Crippen LogP contribution in [0.4, 0.5) is 0 Å². The average molecular weight is 414 g/mol. The Morgan fingerprint density at radius 1 is 1.21 bits per heavy atom. The van der Waals surface area contributed by atoms with Crippen molar-refractivity contribution in [3.8, 4) is 22.6 Å². The molecule has 1 saturated heterocycles. The van der Waals surface area contributed by atoms with Crippen molar-refractivity contribution in [3.63, 3.8) is 0 Å². The number of methoxy groups -OCH3 is 2. The summed E-state index contributed by atoms with van der Waals surface area (Å²) >= 11 is 1.71. The lowest BCUT2D eigenvalue weighted by molar-refractivity contribution is 0.167. The topological polar surface area (TPSA) is 55.7 Å². The van der Waals surface area contributed by atoms with Crippen molar-refractivity contribution in [2.45, 2.75) is 19.5 Å². The van der Waals surface area contributed by atoms with Crippen molar-refractivity contribution in [3.05, 3.63) is 45.7 Å². The molecule has 29 heavy (non-hydrogen) atoms. The van der Waals surface area contributed by atoms with Crippen molar-refractivity contribution < 1.29 is 9.47 Å². The highest BCUT2D eigenvalue weighted by atomic mass is 32.1. The smallest absolute Gasteiger partial charge is 0.259 e. The molecule has 1 aliphatic rings. The molecule has 1 atom stereocenters. The summed E-state index contributed by atoms with van der Waals surface area (Å²) in [6.07, 6.45) is 1.92. The Bertz CT molecular complexity index is 1090. The standard InChI is InChI=1S/C22H27N3O3S/c1-14-11-23-7-8-25(14)12-16-10-17-21(29-16)18(13-24(2)22(17)26)15-5-6-19(27-3)20(9-15)28-4/h5-6,9-10,13-14,23H,7-8,11-12H2,1-4H3. The second-order valence-electron chi connectivity index (χ2n) is 7.51. The molecule has 0 saturated carbocycles. The minimum atomic E-state index is 0.0417. The van der Waals surface area contributed by atoms with Gasteiger partial charge in [-0.3, -0.25) is 9.69 Å². The lowest BCUT2D eigenvalue weighted by Crippen LogP contribution is -2.49. The van der Waals surface area contributed by atoms with E-state index in [9.17, 15) is 4.79 Å². The summed E-state index contributed by atoms with van der Waals surface area (Å²) in [4.78, 5) is 16.5. The molecular formula is C22H27N3O3S. The van der Waals surface area contributed by atoms with Crippen molar-refractivity contribution in [1.29, 1.82) is 0 Å². The SMILES string of the molecule is COc1ccc(-c2cn(C)c(=O)c3cc(CN4CCNCC4C)sc23)cc1OC. The first-order chi connectivity index (χ1) is 14.0. The van der Waals surface area contributed by atoms with Crippen LogP contribution in [0.3, 0.4) is 0 Å². The van der Waals surface area contributed by atoms with Gasteiger partial charge in [0.05, 0.1) is 19.6 Å². The molecule has 0 radical (unpaired) electrons. The zero-order chi connectivity index (χ0) is 20.5. The Morgan fingerprint density at radius 3 is 2.72 bits per heavy atom. The number of nitrogens with one attached hydrogen (secondary N) is 1. The molecule has 7 heteroatoms. The molecule has 154 valence electrons. The molecule has 1 unspecified atom stereocenters. The van der Waals surface area contributed by atoms with E-state index < -0.39 is 0 Å². The summed E-state index contributed by atoms with van der Waals surface area (Å²) in [7, 11) is 5.07. The van der Waals surface area contributed by atoms with Gasteiger partial charge in [0, 0.05) is 60.6 Å². The van der Waals surface area contributed by atoms with Crippen LogP contribution < -0.4 is 20.3 Å². The van der Waals surface area contributed by atoms with Gasteiger partial charge in [0.25, 0.3) is 5.56 Å². The second kappa shape index (κ2) is 8.18. The molecule has 3 heterocycles. The number of aryl methyl sites for hydroxylation is 1. The van der Waals surface area contributed by atoms with Gasteiger partial charge in [0.2, 0.25) is 0 Å². The summed E-state index contributed by atoms with van der Waals surface area (Å²) < 4.78 is 13.5. The van der Waals surface area contributed by atoms with E-state index in [0.717, 1.165) is 47.4 Å². The summed E-state index contributed by atoms with van der Waals surface area (Å²) in [6, 6.07) is 8.44. The molecule has 1 N–H and O–H groups in total. The van der Waals surface area contributed by atoms with Crippen molar-refractivity contribution in [2.24, 2.45) is 7.05 Å². The maximum Gasteiger partial charge on any atom is 0.259 e. The molecule has 3 aromatic rings. The number of fused-ring (bicyclic) bond motifs is 1. The molecule has 0 bridgehead atoms. The van der Waals surface area contributed by atoms with Crippen molar-refractivity contribution in [1.82, 2.24) is 14.8 Å². The van der Waals surface area contributed by atoms with E-state index in [4.69, 9.17) is 9.47 Å². The zero-order valence-corrected chi connectivity index (χ0v) is 18.1. The molecule has 1 aromatic carbocycles. The van der Waals surface area contributed by atoms with Crippen LogP contribution in [0.2, 0.25) is 0 Å². The van der Waals surface area contributed by atoms with Gasteiger partial charge >= 0.3 is 0 Å². The third-order valence-corrected chi connectivity index (χ3v) is 6.75. The van der Waals surface area contributed by atoms with Crippen LogP contribution in [0.25, 0.3) is 21.2 Å². The molecule has 4 rings (SSSR count). The Morgan fingerprint density at radius 2 is 2.00 bits per heavy atom. The van der Waals surface area contributed by atoms with E-state index in [1.807, 2.05) is 31.4 Å². The highest BCUT2D eigenvalue weighted by molar-refractivity contribution is 7.19. The van der Waals surface area contributed by atoms with Gasteiger partial charge in [-0.2, -0.15) is 0 Å². The van der Waals surface area contributed by atoms with Gasteiger partial charge in [0.15, 0.2) is 11.5 Å². The van der Waals surface area contributed by atoms with Gasteiger partial charge in [-0.1, -0.05) is 6.07 Å². The Hall–Kier alpha value is -2.35. The summed E-state index contributed by atoms with van der Waals surface area (Å²) in [5.74, 6) is 1.37. The average Bonchev–Trinajstić information content (AvgIpc) is 3.16. The van der Waals surface area contributed by atoms with E-state index in [0.29, 0.717) is 17.5 Å². The number of ether oxygens (including phenoxy) is 2. The Labute approximate surface area is 174 Å². The van der Waals surface area contributed by atoms with Gasteiger partial charge in [-0.05, 0) is 30.7 Å². The first-order valence-corrected chi connectivity index (χ1v) is 10.6. The molecule has 0 spiro atoms. The van der Waals surface area contributed by atoms with Crippen molar-refractivity contribution in [2.75, 3.05) is 33.9 Å². The number of rotatable bonds is 5. The quantitative estimate of drug-likeness (QED) is 0.697. The largest absolute Gasteiger partial charge is 0.493 e. The number of piperazine rings is 1. The summed E-state index contributed by atoms with van der Waals surface area (Å²) in [6.45, 7) is 6.15. The highest BCUT2D eigenvalue weighted by Gasteiger charge is 2.20. The first kappa shape index (κ1) is 19.9. The van der Waals surface area contributed by atoms with E-state index in [1.54, 1.807) is 30.1 Å². The normalized spacial score (nSPS) is 17.6. The number of aromatic nitrogens is 1. The van der Waals surface area contributed by atoms with Crippen LogP contribution >= 0.6 is 11.3 Å². The van der Waals surface area contributed by atoms with Crippen molar-refractivity contribution >= 4 is 21.4 Å². The molecule has 1 fully saturated rings. The number of hydrogen-bond donors (Lipinski definition) is 1. The van der Waals surface area contributed by atoms with Crippen LogP contribution in [-0.2, 0) is 13.6 Å². The minimum absolute atomic E-state index is 0.0417. The number of thiophene rings is 1. The van der Waals surface area contributed by atoms with Gasteiger partial charge < -0.3 is 19.4 Å². The number of pyridine rings is 1. The fraction of sp³-hybridized carbons (Fsp3) is 0.409. The Kier molecular flexibility index (Phi) is 5.63. The third-order valence-electron chi connectivity index (χ3n) is 5.59. The van der Waals surface area contributed by atoms with Gasteiger partial charge in [-0.25, -0.2) is 0 Å². The van der Waals surface area contributed by atoms with E-state index in [2.05, 4.69) is 23.2 Å². The lowest BCUT2D eigenvalue weighted by atomic mass is 10.1. The van der Waals surface area contributed by atoms with Crippen LogP contribution in [0.5, 0.6) is 11.5 Å². The van der Waals surface area contributed by atoms with Crippen LogP contribution in [0, 0.1) is 0 Å². The number of nitrogens with zero attached hydrogens (tertiary/aromatic N) is 2. The molecular weight excluding hydrogens is 386 g/mol. The lowest BCUT2D eigenvalue weighted by Gasteiger charge is -2.33. The summed E-state index contributed by atoms with van der Waals surface area (Å²) in [5, 5.41) is 4.21. The molecule has 6 nitrogen and oxygen atoms in total. The van der Waals surface area contributed by atoms with E-state index in [-0.39, 0.29) is 5.56 Å². The van der Waals surface area contributed by atoms with Crippen LogP contribution in [0.1, 0.15) is 11.8 Å². The van der Waals surface area contributed by atoms with Crippen LogP contribution in [-0.4, -0.2) is 49.4 Å². The third kappa shape index (κ3) is 3.77. The van der Waals surface area contributed by atoms with Gasteiger partial charge in [0.1, 0.15) is 0 Å². The maximum atomic E-state index is 12.8. The predicted molar refractivity (Wildman–Crippen MR) is 118 cm³/mol. The van der Waals surface area contributed by atoms with Crippen LogP contribution in [0.15, 0.2) is 35.3 Å². The molecule has 0 aliphatic carbocycles. The molecule has 0 amide bonds. The van der Waals surface area contributed by atoms with E-state index >= 15 is 0 Å². The van der Waals surface area contributed by atoms with Gasteiger partial charge in [-0.15, -0.1) is 11.3 Å². The predicted octanol–water partition coefficient (Wildman–Crippen LogP) is 3.08. The summed E-state index contributed by atoms with van der Waals surface area (Å²) in [5.41, 5.74) is 2.08. The first-order valence-electron chi connectivity index (χ1n) is 9.81. The number of benzene rings is 1. The molecule has 2 aromatic heterocycles. The maximum absolute atomic E-state index is 12.8. The monoisotopic (exact) mass is 413 g/mol. The fourth-order valence-corrected chi connectivity index (χ4v) is 5.11. The second-order valence-corrected chi connectivity index (χ2v) is 8.64. The molecule has 1 aliphatic heterocycles. The minimum Gasteiger partial charge on any atom is -0.493 e.